The fourth-order valence-corrected chi connectivity index (χ4v) is 2.59. The predicted molar refractivity (Wildman–Crippen MR) is 73.6 cm³/mol. The van der Waals surface area contributed by atoms with Crippen molar-refractivity contribution < 1.29 is 4.79 Å². The lowest BCUT2D eigenvalue weighted by Gasteiger charge is -2.30. The minimum atomic E-state index is 0.124. The first kappa shape index (κ1) is 14.0. The van der Waals surface area contributed by atoms with Crippen molar-refractivity contribution in [1.29, 1.82) is 0 Å². The number of carbonyl (C=O) groups is 1. The zero-order valence-corrected chi connectivity index (χ0v) is 12.0. The van der Waals surface area contributed by atoms with Gasteiger partial charge in [0.2, 0.25) is 0 Å². The van der Waals surface area contributed by atoms with Crippen LogP contribution < -0.4 is 0 Å². The first-order chi connectivity index (χ1) is 8.10. The maximum absolute atomic E-state index is 12.1. The molecule has 1 aromatic heterocycles. The van der Waals surface area contributed by atoms with Gasteiger partial charge in [-0.25, -0.2) is 4.79 Å². The molecular weight excluding hydrogens is 232 g/mol. The Balaban J connectivity index is 2.56. The third kappa shape index (κ3) is 3.73. The van der Waals surface area contributed by atoms with Crippen LogP contribution in [-0.2, 0) is 6.42 Å². The van der Waals surface area contributed by atoms with Gasteiger partial charge in [-0.1, -0.05) is 6.07 Å². The second kappa shape index (κ2) is 6.64. The van der Waals surface area contributed by atoms with Crippen LogP contribution in [0.5, 0.6) is 0 Å². The number of thiophene rings is 1. The quantitative estimate of drug-likeness (QED) is 0.792. The summed E-state index contributed by atoms with van der Waals surface area (Å²) >= 11 is 1.75. The molecule has 0 aliphatic carbocycles. The van der Waals surface area contributed by atoms with E-state index in [4.69, 9.17) is 0 Å². The lowest BCUT2D eigenvalue weighted by atomic mass is 10.2. The molecule has 0 aliphatic rings. The summed E-state index contributed by atoms with van der Waals surface area (Å²) in [5.74, 6) is 0. The molecule has 1 heterocycles. The number of amides is 2. The van der Waals surface area contributed by atoms with Crippen molar-refractivity contribution in [2.75, 3.05) is 20.1 Å². The highest BCUT2D eigenvalue weighted by Crippen LogP contribution is 2.14. The average Bonchev–Trinajstić information content (AvgIpc) is 2.82. The van der Waals surface area contributed by atoms with E-state index in [1.54, 1.807) is 11.3 Å². The molecule has 96 valence electrons. The Morgan fingerprint density at radius 1 is 1.41 bits per heavy atom. The number of hydrogen-bond donors (Lipinski definition) is 0. The van der Waals surface area contributed by atoms with Gasteiger partial charge in [0.15, 0.2) is 0 Å². The molecule has 0 fully saturated rings. The minimum absolute atomic E-state index is 0.124. The summed E-state index contributed by atoms with van der Waals surface area (Å²) in [4.78, 5) is 17.2. The van der Waals surface area contributed by atoms with E-state index in [0.717, 1.165) is 19.5 Å². The predicted octanol–water partition coefficient (Wildman–Crippen LogP) is 3.07. The fraction of sp³-hybridized carbons (Fsp3) is 0.615. The first-order valence-electron chi connectivity index (χ1n) is 6.14. The molecule has 1 unspecified atom stereocenters. The van der Waals surface area contributed by atoms with Gasteiger partial charge in [0.25, 0.3) is 0 Å². The molecule has 3 nitrogen and oxygen atoms in total. The SMILES string of the molecule is CCN(CC)C(=O)N(C)C(C)Cc1cccs1. The number of likely N-dealkylation sites (N-methyl/N-ethyl adjacent to an activating group) is 1. The van der Waals surface area contributed by atoms with E-state index in [0.29, 0.717) is 0 Å². The van der Waals surface area contributed by atoms with Gasteiger partial charge in [0.1, 0.15) is 0 Å². The Morgan fingerprint density at radius 3 is 2.53 bits per heavy atom. The van der Waals surface area contributed by atoms with Crippen molar-refractivity contribution in [2.24, 2.45) is 0 Å². The van der Waals surface area contributed by atoms with Crippen LogP contribution in [0.15, 0.2) is 17.5 Å². The molecule has 0 N–H and O–H groups in total. The molecule has 0 bridgehead atoms. The molecule has 0 spiro atoms. The molecule has 0 radical (unpaired) electrons. The molecule has 0 aromatic carbocycles. The van der Waals surface area contributed by atoms with Gasteiger partial charge >= 0.3 is 6.03 Å². The number of carbonyl (C=O) groups excluding carboxylic acids is 1. The maximum Gasteiger partial charge on any atom is 0.319 e. The van der Waals surface area contributed by atoms with Crippen LogP contribution in [0.1, 0.15) is 25.6 Å². The third-order valence-corrected chi connectivity index (χ3v) is 3.97. The van der Waals surface area contributed by atoms with E-state index in [2.05, 4.69) is 24.4 Å². The van der Waals surface area contributed by atoms with Crippen LogP contribution in [0, 0.1) is 0 Å². The Morgan fingerprint density at radius 2 is 2.06 bits per heavy atom. The summed E-state index contributed by atoms with van der Waals surface area (Å²) in [6, 6.07) is 4.54. The van der Waals surface area contributed by atoms with Gasteiger partial charge in [0.05, 0.1) is 0 Å². The van der Waals surface area contributed by atoms with Gasteiger partial charge < -0.3 is 9.80 Å². The summed E-state index contributed by atoms with van der Waals surface area (Å²) in [5.41, 5.74) is 0. The highest BCUT2D eigenvalue weighted by atomic mass is 32.1. The van der Waals surface area contributed by atoms with Crippen molar-refractivity contribution in [2.45, 2.75) is 33.2 Å². The van der Waals surface area contributed by atoms with Gasteiger partial charge in [-0.05, 0) is 32.2 Å². The second-order valence-corrected chi connectivity index (χ2v) is 5.23. The Hall–Kier alpha value is -1.03. The average molecular weight is 254 g/mol. The molecular formula is C13H22N2OS. The lowest BCUT2D eigenvalue weighted by molar-refractivity contribution is 0.154. The van der Waals surface area contributed by atoms with Crippen molar-refractivity contribution in [3.05, 3.63) is 22.4 Å². The van der Waals surface area contributed by atoms with E-state index in [1.165, 1.54) is 4.88 Å². The standard InChI is InChI=1S/C13H22N2OS/c1-5-15(6-2)13(16)14(4)11(3)10-12-8-7-9-17-12/h7-9,11H,5-6,10H2,1-4H3. The topological polar surface area (TPSA) is 23.6 Å². The summed E-state index contributed by atoms with van der Waals surface area (Å²) in [5, 5.41) is 2.08. The van der Waals surface area contributed by atoms with E-state index in [1.807, 2.05) is 30.7 Å². The van der Waals surface area contributed by atoms with Crippen molar-refractivity contribution >= 4 is 17.4 Å². The first-order valence-corrected chi connectivity index (χ1v) is 7.02. The number of urea groups is 1. The van der Waals surface area contributed by atoms with E-state index >= 15 is 0 Å². The summed E-state index contributed by atoms with van der Waals surface area (Å²) in [6.45, 7) is 7.66. The van der Waals surface area contributed by atoms with Gasteiger partial charge in [-0.15, -0.1) is 11.3 Å². The highest BCUT2D eigenvalue weighted by molar-refractivity contribution is 7.09. The largest absolute Gasteiger partial charge is 0.325 e. The van der Waals surface area contributed by atoms with Gasteiger partial charge in [0, 0.05) is 37.5 Å². The summed E-state index contributed by atoms with van der Waals surface area (Å²) in [7, 11) is 1.89. The molecule has 2 amide bonds. The zero-order valence-electron chi connectivity index (χ0n) is 11.1. The van der Waals surface area contributed by atoms with Crippen LogP contribution in [0.3, 0.4) is 0 Å². The van der Waals surface area contributed by atoms with Crippen LogP contribution >= 0.6 is 11.3 Å². The molecule has 0 saturated heterocycles. The van der Waals surface area contributed by atoms with E-state index < -0.39 is 0 Å². The van der Waals surface area contributed by atoms with Crippen LogP contribution in [-0.4, -0.2) is 42.0 Å². The normalized spacial score (nSPS) is 12.2. The van der Waals surface area contributed by atoms with Crippen molar-refractivity contribution in [3.63, 3.8) is 0 Å². The maximum atomic E-state index is 12.1. The number of hydrogen-bond acceptors (Lipinski definition) is 2. The van der Waals surface area contributed by atoms with Crippen LogP contribution in [0.4, 0.5) is 4.79 Å². The molecule has 0 aliphatic heterocycles. The monoisotopic (exact) mass is 254 g/mol. The van der Waals surface area contributed by atoms with Crippen molar-refractivity contribution in [3.8, 4) is 0 Å². The molecule has 1 aromatic rings. The van der Waals surface area contributed by atoms with E-state index in [9.17, 15) is 4.79 Å². The summed E-state index contributed by atoms with van der Waals surface area (Å²) in [6.07, 6.45) is 0.932. The molecule has 1 rings (SSSR count). The fourth-order valence-electron chi connectivity index (χ4n) is 1.76. The lowest BCUT2D eigenvalue weighted by Crippen LogP contribution is -2.45. The molecule has 4 heteroatoms. The smallest absolute Gasteiger partial charge is 0.319 e. The van der Waals surface area contributed by atoms with Crippen LogP contribution in [0.25, 0.3) is 0 Å². The molecule has 17 heavy (non-hydrogen) atoms. The second-order valence-electron chi connectivity index (χ2n) is 4.20. The van der Waals surface area contributed by atoms with E-state index in [-0.39, 0.29) is 12.1 Å². The van der Waals surface area contributed by atoms with Gasteiger partial charge in [-0.3, -0.25) is 0 Å². The zero-order chi connectivity index (χ0) is 12.8. The summed E-state index contributed by atoms with van der Waals surface area (Å²) < 4.78 is 0. The van der Waals surface area contributed by atoms with Crippen molar-refractivity contribution in [1.82, 2.24) is 9.80 Å². The minimum Gasteiger partial charge on any atom is -0.325 e. The molecule has 0 saturated carbocycles. The Bertz CT molecular complexity index is 333. The van der Waals surface area contributed by atoms with Crippen LogP contribution in [0.2, 0.25) is 0 Å². The third-order valence-electron chi connectivity index (χ3n) is 3.07. The number of rotatable bonds is 5. The number of nitrogens with zero attached hydrogens (tertiary/aromatic N) is 2. The van der Waals surface area contributed by atoms with Gasteiger partial charge in [-0.2, -0.15) is 0 Å². The Kier molecular flexibility index (Phi) is 5.48. The Labute approximate surface area is 108 Å². The molecule has 1 atom stereocenters. The highest BCUT2D eigenvalue weighted by Gasteiger charge is 2.20.